The van der Waals surface area contributed by atoms with Crippen LogP contribution in [0.4, 0.5) is 0 Å². The maximum Gasteiger partial charge on any atom is 0.279 e. The average molecular weight is 299 g/mol. The molecule has 2 aliphatic rings. The molecule has 2 saturated carbocycles. The molecule has 2 aliphatic carbocycles. The molecule has 0 amide bonds. The molecule has 0 heterocycles. The molecule has 3 atom stereocenters. The lowest BCUT2D eigenvalue weighted by atomic mass is 9.69. The van der Waals surface area contributed by atoms with Gasteiger partial charge >= 0.3 is 0 Å². The van der Waals surface area contributed by atoms with Crippen LogP contribution in [0.5, 0.6) is 0 Å². The van der Waals surface area contributed by atoms with Crippen LogP contribution in [0.2, 0.25) is 0 Å². The Morgan fingerprint density at radius 3 is 2.50 bits per heavy atom. The molecule has 0 saturated heterocycles. The van der Waals surface area contributed by atoms with Gasteiger partial charge in [0, 0.05) is 26.1 Å². The van der Waals surface area contributed by atoms with Crippen molar-refractivity contribution in [2.45, 2.75) is 52.5 Å². The van der Waals surface area contributed by atoms with Crippen molar-refractivity contribution in [1.29, 1.82) is 5.26 Å². The fourth-order valence-electron chi connectivity index (χ4n) is 3.98. The first-order valence-corrected chi connectivity index (χ1v) is 8.70. The summed E-state index contributed by atoms with van der Waals surface area (Å²) in [5, 5.41) is 8.57. The van der Waals surface area contributed by atoms with Crippen molar-refractivity contribution in [3.05, 3.63) is 0 Å². The van der Waals surface area contributed by atoms with Crippen LogP contribution >= 0.6 is 0 Å². The fourth-order valence-corrected chi connectivity index (χ4v) is 5.21. The number of nitrogens with zero attached hydrogens (tertiary/aromatic N) is 2. The van der Waals surface area contributed by atoms with Crippen LogP contribution in [0.15, 0.2) is 0 Å². The molecule has 20 heavy (non-hydrogen) atoms. The van der Waals surface area contributed by atoms with E-state index in [1.165, 1.54) is 17.8 Å². The summed E-state index contributed by atoms with van der Waals surface area (Å²) in [6.07, 6.45) is 3.42. The highest BCUT2D eigenvalue weighted by Crippen LogP contribution is 2.65. The van der Waals surface area contributed by atoms with Gasteiger partial charge < -0.3 is 0 Å². The Bertz CT molecular complexity index is 523. The van der Waals surface area contributed by atoms with E-state index in [1.807, 2.05) is 6.07 Å². The lowest BCUT2D eigenvalue weighted by Gasteiger charge is -2.39. The Hall–Kier alpha value is -0.640. The predicted octanol–water partition coefficient (Wildman–Crippen LogP) is 1.88. The van der Waals surface area contributed by atoms with E-state index in [0.717, 1.165) is 12.8 Å². The lowest BCUT2D eigenvalue weighted by Crippen LogP contribution is -2.50. The first-order chi connectivity index (χ1) is 9.15. The van der Waals surface area contributed by atoms with Gasteiger partial charge in [0.15, 0.2) is 0 Å². The van der Waals surface area contributed by atoms with E-state index in [-0.39, 0.29) is 29.8 Å². The normalized spacial score (nSPS) is 35.4. The van der Waals surface area contributed by atoms with E-state index in [1.54, 1.807) is 0 Å². The van der Waals surface area contributed by atoms with Gasteiger partial charge in [0.1, 0.15) is 0 Å². The van der Waals surface area contributed by atoms with Crippen LogP contribution < -0.4 is 4.72 Å². The molecule has 0 aromatic rings. The van der Waals surface area contributed by atoms with Crippen LogP contribution in [-0.2, 0) is 10.2 Å². The molecular formula is C14H25N3O2S. The highest BCUT2D eigenvalue weighted by atomic mass is 32.2. The standard InChI is InChI=1S/C14H25N3O2S/c1-13(2)11-6-7-14(13,3)12(10-11)16-20(18,19)17(4)9-5-8-15/h11-12,16H,5-7,9-10H2,1-4H3/t11-,12+,14-/m1/s1. The molecule has 0 spiro atoms. The summed E-state index contributed by atoms with van der Waals surface area (Å²) in [6.45, 7) is 6.97. The molecule has 0 aromatic carbocycles. The van der Waals surface area contributed by atoms with Crippen molar-refractivity contribution in [2.24, 2.45) is 16.7 Å². The topological polar surface area (TPSA) is 73.2 Å². The third-order valence-electron chi connectivity index (χ3n) is 6.03. The monoisotopic (exact) mass is 299 g/mol. The average Bonchev–Trinajstić information content (AvgIpc) is 2.68. The van der Waals surface area contributed by atoms with Gasteiger partial charge in [-0.05, 0) is 36.0 Å². The van der Waals surface area contributed by atoms with E-state index in [4.69, 9.17) is 5.26 Å². The number of fused-ring (bicyclic) bond motifs is 2. The van der Waals surface area contributed by atoms with Crippen molar-refractivity contribution in [1.82, 2.24) is 9.03 Å². The third kappa shape index (κ3) is 2.26. The molecule has 0 aromatic heterocycles. The molecule has 0 unspecified atom stereocenters. The molecule has 1 N–H and O–H groups in total. The minimum atomic E-state index is -3.49. The Morgan fingerprint density at radius 2 is 2.05 bits per heavy atom. The molecule has 2 fully saturated rings. The van der Waals surface area contributed by atoms with E-state index >= 15 is 0 Å². The number of nitrogens with one attached hydrogen (secondary N) is 1. The zero-order chi connectivity index (χ0) is 15.2. The molecule has 2 bridgehead atoms. The van der Waals surface area contributed by atoms with Crippen LogP contribution in [0.1, 0.15) is 46.5 Å². The molecule has 2 rings (SSSR count). The van der Waals surface area contributed by atoms with E-state index in [9.17, 15) is 8.42 Å². The Labute approximate surface area is 122 Å². The minimum Gasteiger partial charge on any atom is -0.198 e. The van der Waals surface area contributed by atoms with Gasteiger partial charge in [-0.25, -0.2) is 0 Å². The maximum atomic E-state index is 12.3. The van der Waals surface area contributed by atoms with Gasteiger partial charge in [-0.15, -0.1) is 0 Å². The van der Waals surface area contributed by atoms with Crippen LogP contribution in [0, 0.1) is 28.1 Å². The highest BCUT2D eigenvalue weighted by molar-refractivity contribution is 7.87. The van der Waals surface area contributed by atoms with Crippen molar-refractivity contribution >= 4 is 10.2 Å². The zero-order valence-corrected chi connectivity index (χ0v) is 13.6. The number of nitriles is 1. The number of rotatable bonds is 5. The van der Waals surface area contributed by atoms with Gasteiger partial charge in [-0.3, -0.25) is 0 Å². The van der Waals surface area contributed by atoms with Crippen LogP contribution in [-0.4, -0.2) is 32.4 Å². The largest absolute Gasteiger partial charge is 0.279 e. The zero-order valence-electron chi connectivity index (χ0n) is 12.8. The minimum absolute atomic E-state index is 0.00536. The summed E-state index contributed by atoms with van der Waals surface area (Å²) in [5.41, 5.74) is 0.215. The quantitative estimate of drug-likeness (QED) is 0.842. The molecular weight excluding hydrogens is 274 g/mol. The van der Waals surface area contributed by atoms with Gasteiger partial charge in [0.25, 0.3) is 10.2 Å². The fraction of sp³-hybridized carbons (Fsp3) is 0.929. The summed E-state index contributed by atoms with van der Waals surface area (Å²) in [5.74, 6) is 0.601. The van der Waals surface area contributed by atoms with Crippen LogP contribution in [0.25, 0.3) is 0 Å². The SMILES string of the molecule is CN(CCC#N)S(=O)(=O)N[C@H]1C[C@H]2CC[C@@]1(C)C2(C)C. The summed E-state index contributed by atoms with van der Waals surface area (Å²) in [4.78, 5) is 0. The summed E-state index contributed by atoms with van der Waals surface area (Å²) >= 11 is 0. The summed E-state index contributed by atoms with van der Waals surface area (Å²) in [6, 6.07) is 1.98. The second kappa shape index (κ2) is 4.97. The van der Waals surface area contributed by atoms with Crippen molar-refractivity contribution in [3.63, 3.8) is 0 Å². The first kappa shape index (κ1) is 15.7. The maximum absolute atomic E-state index is 12.3. The summed E-state index contributed by atoms with van der Waals surface area (Å²) < 4.78 is 28.8. The Kier molecular flexibility index (Phi) is 3.91. The highest BCUT2D eigenvalue weighted by Gasteiger charge is 2.62. The smallest absolute Gasteiger partial charge is 0.198 e. The van der Waals surface area contributed by atoms with E-state index in [2.05, 4.69) is 25.5 Å². The first-order valence-electron chi connectivity index (χ1n) is 7.25. The van der Waals surface area contributed by atoms with Crippen molar-refractivity contribution in [2.75, 3.05) is 13.6 Å². The second-order valence-electron chi connectivity index (χ2n) is 7.02. The predicted molar refractivity (Wildman–Crippen MR) is 77.9 cm³/mol. The molecule has 114 valence electrons. The van der Waals surface area contributed by atoms with Crippen molar-refractivity contribution in [3.8, 4) is 6.07 Å². The van der Waals surface area contributed by atoms with E-state index < -0.39 is 10.2 Å². The molecule has 6 heteroatoms. The van der Waals surface area contributed by atoms with Gasteiger partial charge in [-0.1, -0.05) is 20.8 Å². The van der Waals surface area contributed by atoms with Gasteiger partial charge in [0.2, 0.25) is 0 Å². The van der Waals surface area contributed by atoms with E-state index in [0.29, 0.717) is 5.92 Å². The number of hydrogen-bond acceptors (Lipinski definition) is 3. The third-order valence-corrected chi connectivity index (χ3v) is 7.62. The number of hydrogen-bond donors (Lipinski definition) is 1. The molecule has 0 aliphatic heterocycles. The van der Waals surface area contributed by atoms with Gasteiger partial charge in [0.05, 0.1) is 6.07 Å². The lowest BCUT2D eigenvalue weighted by molar-refractivity contribution is 0.129. The molecule has 5 nitrogen and oxygen atoms in total. The van der Waals surface area contributed by atoms with Gasteiger partial charge in [-0.2, -0.15) is 22.7 Å². The van der Waals surface area contributed by atoms with Crippen LogP contribution in [0.3, 0.4) is 0 Å². The second-order valence-corrected chi connectivity index (χ2v) is 8.82. The van der Waals surface area contributed by atoms with Crippen molar-refractivity contribution < 1.29 is 8.42 Å². The molecule has 0 radical (unpaired) electrons. The summed E-state index contributed by atoms with van der Waals surface area (Å²) in [7, 11) is -1.97. The Balaban J connectivity index is 2.10. The Morgan fingerprint density at radius 1 is 1.40 bits per heavy atom.